The topological polar surface area (TPSA) is 63.7 Å². The van der Waals surface area contributed by atoms with Crippen molar-refractivity contribution < 1.29 is 20.7 Å². The fraction of sp³-hybridized carbons (Fsp3) is 0.500. The Labute approximate surface area is 122 Å². The van der Waals surface area contributed by atoms with E-state index in [1.54, 1.807) is 32.9 Å². The lowest BCUT2D eigenvalue weighted by molar-refractivity contribution is 0.0247. The number of carbonyl (C=O) groups is 1. The molecule has 0 bridgehead atoms. The molecule has 1 aliphatic rings. The van der Waals surface area contributed by atoms with E-state index in [0.717, 1.165) is 4.90 Å². The lowest BCUT2D eigenvalue weighted by Gasteiger charge is -2.26. The van der Waals surface area contributed by atoms with Crippen molar-refractivity contribution in [2.45, 2.75) is 37.8 Å². The minimum atomic E-state index is -4.18. The zero-order chi connectivity index (χ0) is 16.8. The van der Waals surface area contributed by atoms with E-state index in [1.165, 1.54) is 12.1 Å². The van der Waals surface area contributed by atoms with Crippen LogP contribution in [0.25, 0.3) is 0 Å². The second-order valence-electron chi connectivity index (χ2n) is 5.59. The van der Waals surface area contributed by atoms with Crippen LogP contribution < -0.4 is 0 Å². The molecule has 0 fully saturated rings. The first-order valence-electron chi connectivity index (χ1n) is 7.24. The Balaban J connectivity index is 2.46. The Bertz CT molecular complexity index is 695. The van der Waals surface area contributed by atoms with Crippen LogP contribution in [-0.2, 0) is 21.1 Å². The number of benzene rings is 1. The van der Waals surface area contributed by atoms with Crippen molar-refractivity contribution in [2.75, 3.05) is 12.2 Å². The van der Waals surface area contributed by atoms with Crippen molar-refractivity contribution in [2.24, 2.45) is 0 Å². The Morgan fingerprint density at radius 2 is 2.00 bits per heavy atom. The first-order valence-corrected chi connectivity index (χ1v) is 7.73. The lowest BCUT2D eigenvalue weighted by Crippen LogP contribution is -2.37. The van der Waals surface area contributed by atoms with Crippen LogP contribution in [0.5, 0.6) is 0 Å². The normalized spacial score (nSPS) is 22.1. The first kappa shape index (κ1) is 12.2. The standard InChI is InChI=1S/C14H19NO4S/c1-14(2,3)19-13(16)15-8-9-20(17,18)12-7-5-4-6-11(12)10-15/h4-7H,8-10H2,1-3H3/i9D2. The van der Waals surface area contributed by atoms with Crippen LogP contribution in [0.15, 0.2) is 29.2 Å². The highest BCUT2D eigenvalue weighted by Gasteiger charge is 2.29. The van der Waals surface area contributed by atoms with Crippen molar-refractivity contribution >= 4 is 15.9 Å². The van der Waals surface area contributed by atoms with Gasteiger partial charge in [-0.25, -0.2) is 13.2 Å². The highest BCUT2D eigenvalue weighted by atomic mass is 32.2. The van der Waals surface area contributed by atoms with Crippen LogP contribution in [0, 0.1) is 0 Å². The third-order valence-corrected chi connectivity index (χ3v) is 4.21. The molecule has 0 aromatic heterocycles. The maximum Gasteiger partial charge on any atom is 0.410 e. The molecule has 1 aromatic carbocycles. The predicted molar refractivity (Wildman–Crippen MR) is 75.1 cm³/mol. The van der Waals surface area contributed by atoms with E-state index in [-0.39, 0.29) is 11.4 Å². The molecular formula is C14H19NO4S. The molecular weight excluding hydrogens is 278 g/mol. The molecule has 1 amide bonds. The van der Waals surface area contributed by atoms with Crippen LogP contribution in [0.2, 0.25) is 0 Å². The second kappa shape index (κ2) is 5.09. The molecule has 2 rings (SSSR count). The summed E-state index contributed by atoms with van der Waals surface area (Å²) in [6.45, 7) is 4.51. The second-order valence-corrected chi connectivity index (χ2v) is 7.33. The summed E-state index contributed by atoms with van der Waals surface area (Å²) in [6, 6.07) is 6.13. The Kier molecular flexibility index (Phi) is 3.10. The summed E-state index contributed by atoms with van der Waals surface area (Å²) in [4.78, 5) is 13.2. The maximum atomic E-state index is 12.4. The molecule has 6 heteroatoms. The predicted octanol–water partition coefficient (Wildman–Crippen LogP) is 2.21. The van der Waals surface area contributed by atoms with Gasteiger partial charge in [0.2, 0.25) is 0 Å². The number of ether oxygens (including phenoxy) is 1. The van der Waals surface area contributed by atoms with E-state index in [1.807, 2.05) is 0 Å². The molecule has 110 valence electrons. The highest BCUT2D eigenvalue weighted by Crippen LogP contribution is 2.23. The van der Waals surface area contributed by atoms with Gasteiger partial charge in [0.1, 0.15) is 5.60 Å². The molecule has 5 nitrogen and oxygen atoms in total. The third kappa shape index (κ3) is 3.30. The van der Waals surface area contributed by atoms with Crippen molar-refractivity contribution in [3.63, 3.8) is 0 Å². The van der Waals surface area contributed by atoms with Crippen molar-refractivity contribution in [3.8, 4) is 0 Å². The summed E-state index contributed by atoms with van der Waals surface area (Å²) >= 11 is 0. The fourth-order valence-corrected chi connectivity index (χ4v) is 3.07. The van der Waals surface area contributed by atoms with E-state index in [0.29, 0.717) is 5.56 Å². The monoisotopic (exact) mass is 299 g/mol. The first-order chi connectivity index (χ1) is 9.94. The van der Waals surface area contributed by atoms with Crippen LogP contribution in [0.4, 0.5) is 4.79 Å². The summed E-state index contributed by atoms with van der Waals surface area (Å²) in [5, 5.41) is 0. The van der Waals surface area contributed by atoms with Gasteiger partial charge in [-0.2, -0.15) is 0 Å². The Hall–Kier alpha value is -1.56. The van der Waals surface area contributed by atoms with Gasteiger partial charge < -0.3 is 9.64 Å². The number of fused-ring (bicyclic) bond motifs is 1. The van der Waals surface area contributed by atoms with E-state index >= 15 is 0 Å². The summed E-state index contributed by atoms with van der Waals surface area (Å²) in [5.74, 6) is 0. The molecule has 0 unspecified atom stereocenters. The van der Waals surface area contributed by atoms with Gasteiger partial charge >= 0.3 is 6.09 Å². The average Bonchev–Trinajstić information content (AvgIpc) is 2.42. The number of carbonyl (C=O) groups excluding carboxylic acids is 1. The Morgan fingerprint density at radius 1 is 1.35 bits per heavy atom. The molecule has 0 spiro atoms. The highest BCUT2D eigenvalue weighted by molar-refractivity contribution is 7.91. The fourth-order valence-electron chi connectivity index (χ4n) is 1.85. The van der Waals surface area contributed by atoms with Crippen LogP contribution in [0.1, 0.15) is 29.1 Å². The molecule has 1 aromatic rings. The molecule has 0 atom stereocenters. The van der Waals surface area contributed by atoms with Gasteiger partial charge in [-0.1, -0.05) is 18.2 Å². The van der Waals surface area contributed by atoms with Crippen molar-refractivity contribution in [3.05, 3.63) is 29.8 Å². The van der Waals surface area contributed by atoms with Gasteiger partial charge in [0.05, 0.1) is 17.1 Å². The van der Waals surface area contributed by atoms with Crippen molar-refractivity contribution in [1.82, 2.24) is 4.90 Å². The van der Waals surface area contributed by atoms with Crippen LogP contribution >= 0.6 is 0 Å². The SMILES string of the molecule is [2H]C1([2H])CN(C(=O)OC(C)(C)C)Cc2ccccc2S1(=O)=O. The van der Waals surface area contributed by atoms with Gasteiger partial charge in [0.25, 0.3) is 0 Å². The largest absolute Gasteiger partial charge is 0.444 e. The van der Waals surface area contributed by atoms with Gasteiger partial charge in [-0.15, -0.1) is 0 Å². The van der Waals surface area contributed by atoms with Crippen molar-refractivity contribution in [1.29, 1.82) is 0 Å². The molecule has 1 aliphatic heterocycles. The maximum absolute atomic E-state index is 12.4. The van der Waals surface area contributed by atoms with Gasteiger partial charge in [0, 0.05) is 9.29 Å². The quantitative estimate of drug-likeness (QED) is 0.737. The molecule has 0 radical (unpaired) electrons. The lowest BCUT2D eigenvalue weighted by atomic mass is 10.2. The number of sulfone groups is 1. The minimum absolute atomic E-state index is 0.0101. The van der Waals surface area contributed by atoms with Gasteiger partial charge in [-0.3, -0.25) is 0 Å². The van der Waals surface area contributed by atoms with Crippen LogP contribution in [-0.4, -0.2) is 37.3 Å². The molecule has 0 saturated carbocycles. The number of hydrogen-bond acceptors (Lipinski definition) is 4. The van der Waals surface area contributed by atoms with E-state index in [9.17, 15) is 13.2 Å². The molecule has 0 saturated heterocycles. The Morgan fingerprint density at radius 3 is 2.65 bits per heavy atom. The minimum Gasteiger partial charge on any atom is -0.444 e. The summed E-state index contributed by atoms with van der Waals surface area (Å²) in [6.07, 6.45) is -0.733. The zero-order valence-corrected chi connectivity index (χ0v) is 12.5. The summed E-state index contributed by atoms with van der Waals surface area (Å²) in [7, 11) is -4.18. The van der Waals surface area contributed by atoms with E-state index in [4.69, 9.17) is 7.48 Å². The van der Waals surface area contributed by atoms with Crippen LogP contribution in [0.3, 0.4) is 0 Å². The zero-order valence-electron chi connectivity index (χ0n) is 13.7. The van der Waals surface area contributed by atoms with E-state index in [2.05, 4.69) is 0 Å². The number of amides is 1. The molecule has 20 heavy (non-hydrogen) atoms. The van der Waals surface area contributed by atoms with E-state index < -0.39 is 33.8 Å². The molecule has 0 aliphatic carbocycles. The molecule has 0 N–H and O–H groups in total. The average molecular weight is 299 g/mol. The van der Waals surface area contributed by atoms with Gasteiger partial charge in [0.15, 0.2) is 9.84 Å². The van der Waals surface area contributed by atoms with Gasteiger partial charge in [-0.05, 0) is 32.4 Å². The third-order valence-electron chi connectivity index (χ3n) is 2.72. The molecule has 1 heterocycles. The number of nitrogens with zero attached hydrogens (tertiary/aromatic N) is 1. The smallest absolute Gasteiger partial charge is 0.410 e. The summed E-state index contributed by atoms with van der Waals surface area (Å²) in [5.41, 5.74) is -2.93. The number of hydrogen-bond donors (Lipinski definition) is 0. The summed E-state index contributed by atoms with van der Waals surface area (Å²) < 4.78 is 45.9. The number of rotatable bonds is 0.